The zero-order valence-electron chi connectivity index (χ0n) is 10.8. The Labute approximate surface area is 120 Å². The highest BCUT2D eigenvalue weighted by molar-refractivity contribution is 7.92. The van der Waals surface area contributed by atoms with Gasteiger partial charge in [-0.1, -0.05) is 6.07 Å². The van der Waals surface area contributed by atoms with E-state index in [0.29, 0.717) is 5.69 Å². The summed E-state index contributed by atoms with van der Waals surface area (Å²) >= 11 is 0. The van der Waals surface area contributed by atoms with E-state index in [2.05, 4.69) is 14.7 Å². The molecule has 0 saturated heterocycles. The molecule has 2 N–H and O–H groups in total. The van der Waals surface area contributed by atoms with Crippen LogP contribution in [0, 0.1) is 0 Å². The summed E-state index contributed by atoms with van der Waals surface area (Å²) in [5.74, 6) is 0. The second-order valence-corrected chi connectivity index (χ2v) is 6.04. The molecule has 0 spiro atoms. The molecule has 21 heavy (non-hydrogen) atoms. The Morgan fingerprint density at radius 2 is 2.00 bits per heavy atom. The van der Waals surface area contributed by atoms with E-state index < -0.39 is 15.5 Å². The van der Waals surface area contributed by atoms with Crippen LogP contribution in [-0.2, 0) is 10.0 Å². The number of aromatic nitrogens is 2. The Hall–Kier alpha value is -2.67. The van der Waals surface area contributed by atoms with Gasteiger partial charge in [0.15, 0.2) is 4.90 Å². The van der Waals surface area contributed by atoms with Gasteiger partial charge in [-0.05, 0) is 24.3 Å². The average Bonchev–Trinajstić information content (AvgIpc) is 2.47. The fourth-order valence-electron chi connectivity index (χ4n) is 1.96. The van der Waals surface area contributed by atoms with Crippen molar-refractivity contribution in [2.75, 3.05) is 4.72 Å². The van der Waals surface area contributed by atoms with Gasteiger partial charge in [0.2, 0.25) is 5.43 Å². The molecular formula is C14H11N3O3S. The quantitative estimate of drug-likeness (QED) is 0.770. The van der Waals surface area contributed by atoms with Crippen molar-refractivity contribution in [3.05, 3.63) is 65.2 Å². The summed E-state index contributed by atoms with van der Waals surface area (Å²) in [7, 11) is -3.93. The lowest BCUT2D eigenvalue weighted by atomic mass is 10.2. The molecule has 0 atom stereocenters. The summed E-state index contributed by atoms with van der Waals surface area (Å²) in [6, 6.07) is 9.74. The van der Waals surface area contributed by atoms with Gasteiger partial charge >= 0.3 is 0 Å². The molecule has 1 aromatic carbocycles. The number of nitrogens with one attached hydrogen (secondary N) is 2. The van der Waals surface area contributed by atoms with Gasteiger partial charge < -0.3 is 4.98 Å². The predicted octanol–water partition coefficient (Wildman–Crippen LogP) is 1.72. The molecule has 0 radical (unpaired) electrons. The second-order valence-electron chi connectivity index (χ2n) is 4.39. The Morgan fingerprint density at radius 1 is 1.14 bits per heavy atom. The molecule has 0 saturated carbocycles. The largest absolute Gasteiger partial charge is 0.366 e. The van der Waals surface area contributed by atoms with Crippen molar-refractivity contribution >= 4 is 26.6 Å². The minimum atomic E-state index is -3.93. The maximum Gasteiger partial charge on any atom is 0.267 e. The third-order valence-corrected chi connectivity index (χ3v) is 4.34. The standard InChI is InChI=1S/C14H11N3O3S/c18-13-5-7-15-9-14(13)21(19,20)17-11-3-4-12-10(8-11)2-1-6-16-12/h1-9,17H,(H,15,18). The number of aromatic amines is 1. The highest BCUT2D eigenvalue weighted by Crippen LogP contribution is 2.19. The fourth-order valence-corrected chi connectivity index (χ4v) is 3.06. The predicted molar refractivity (Wildman–Crippen MR) is 79.6 cm³/mol. The van der Waals surface area contributed by atoms with Gasteiger partial charge in [0.05, 0.1) is 5.52 Å². The van der Waals surface area contributed by atoms with Gasteiger partial charge in [-0.3, -0.25) is 14.5 Å². The van der Waals surface area contributed by atoms with Crippen LogP contribution in [0.25, 0.3) is 10.9 Å². The molecular weight excluding hydrogens is 290 g/mol. The van der Waals surface area contributed by atoms with Gasteiger partial charge in [-0.25, -0.2) is 8.42 Å². The maximum absolute atomic E-state index is 12.2. The van der Waals surface area contributed by atoms with Crippen molar-refractivity contribution in [2.24, 2.45) is 0 Å². The van der Waals surface area contributed by atoms with Crippen LogP contribution in [0.4, 0.5) is 5.69 Å². The number of fused-ring (bicyclic) bond motifs is 1. The highest BCUT2D eigenvalue weighted by atomic mass is 32.2. The summed E-state index contributed by atoms with van der Waals surface area (Å²) in [6.07, 6.45) is 4.20. The van der Waals surface area contributed by atoms with Gasteiger partial charge in [0.1, 0.15) is 0 Å². The molecule has 0 fully saturated rings. The Bertz CT molecular complexity index is 964. The molecule has 6 nitrogen and oxygen atoms in total. The topological polar surface area (TPSA) is 91.9 Å². The number of sulfonamides is 1. The van der Waals surface area contributed by atoms with E-state index in [9.17, 15) is 13.2 Å². The monoisotopic (exact) mass is 301 g/mol. The molecule has 0 aliphatic heterocycles. The van der Waals surface area contributed by atoms with Crippen molar-refractivity contribution in [1.29, 1.82) is 0 Å². The summed E-state index contributed by atoms with van der Waals surface area (Å²) in [5.41, 5.74) is 0.570. The van der Waals surface area contributed by atoms with Crippen molar-refractivity contribution in [1.82, 2.24) is 9.97 Å². The van der Waals surface area contributed by atoms with E-state index in [1.54, 1.807) is 30.5 Å². The molecule has 106 valence electrons. The lowest BCUT2D eigenvalue weighted by Crippen LogP contribution is -2.20. The first kappa shape index (κ1) is 13.3. The van der Waals surface area contributed by atoms with Gasteiger partial charge in [-0.15, -0.1) is 0 Å². The lowest BCUT2D eigenvalue weighted by molar-refractivity contribution is 0.600. The van der Waals surface area contributed by atoms with Crippen molar-refractivity contribution in [2.45, 2.75) is 4.90 Å². The maximum atomic E-state index is 12.2. The first-order valence-corrected chi connectivity index (χ1v) is 7.59. The summed E-state index contributed by atoms with van der Waals surface area (Å²) in [4.78, 5) is 18.0. The van der Waals surface area contributed by atoms with Gasteiger partial charge in [0.25, 0.3) is 10.0 Å². The number of pyridine rings is 2. The van der Waals surface area contributed by atoms with E-state index in [-0.39, 0.29) is 4.90 Å². The van der Waals surface area contributed by atoms with Crippen LogP contribution in [0.15, 0.2) is 64.7 Å². The van der Waals surface area contributed by atoms with Crippen LogP contribution < -0.4 is 10.2 Å². The lowest BCUT2D eigenvalue weighted by Gasteiger charge is -2.08. The minimum Gasteiger partial charge on any atom is -0.366 e. The van der Waals surface area contributed by atoms with E-state index in [0.717, 1.165) is 17.1 Å². The SMILES string of the molecule is O=c1cc[nH]cc1S(=O)(=O)Nc1ccc2ncccc2c1. The number of hydrogen-bond donors (Lipinski definition) is 2. The normalized spacial score (nSPS) is 11.4. The number of rotatable bonds is 3. The molecule has 0 aliphatic carbocycles. The molecule has 0 aliphatic rings. The number of anilines is 1. The smallest absolute Gasteiger partial charge is 0.267 e. The van der Waals surface area contributed by atoms with Gasteiger partial charge in [0, 0.05) is 35.7 Å². The van der Waals surface area contributed by atoms with E-state index in [1.807, 2.05) is 6.07 Å². The number of H-pyrrole nitrogens is 1. The molecule has 2 heterocycles. The Morgan fingerprint density at radius 3 is 2.81 bits per heavy atom. The summed E-state index contributed by atoms with van der Waals surface area (Å²) in [6.45, 7) is 0. The van der Waals surface area contributed by atoms with Crippen LogP contribution in [0.1, 0.15) is 0 Å². The molecule has 0 unspecified atom stereocenters. The van der Waals surface area contributed by atoms with Crippen LogP contribution in [0.3, 0.4) is 0 Å². The summed E-state index contributed by atoms with van der Waals surface area (Å²) < 4.78 is 26.8. The van der Waals surface area contributed by atoms with Crippen LogP contribution in [0.2, 0.25) is 0 Å². The van der Waals surface area contributed by atoms with Gasteiger partial charge in [-0.2, -0.15) is 0 Å². The van der Waals surface area contributed by atoms with Crippen molar-refractivity contribution in [3.8, 4) is 0 Å². The molecule has 3 rings (SSSR count). The van der Waals surface area contributed by atoms with Crippen LogP contribution >= 0.6 is 0 Å². The first-order valence-electron chi connectivity index (χ1n) is 6.11. The molecule has 0 bridgehead atoms. The van der Waals surface area contributed by atoms with E-state index in [1.165, 1.54) is 12.3 Å². The Balaban J connectivity index is 2.01. The Kier molecular flexibility index (Phi) is 3.19. The average molecular weight is 301 g/mol. The summed E-state index contributed by atoms with van der Waals surface area (Å²) in [5, 5.41) is 0.805. The third kappa shape index (κ3) is 2.63. The highest BCUT2D eigenvalue weighted by Gasteiger charge is 2.17. The first-order chi connectivity index (χ1) is 10.1. The fraction of sp³-hybridized carbons (Fsp3) is 0. The molecule has 3 aromatic rings. The third-order valence-electron chi connectivity index (χ3n) is 2.93. The molecule has 7 heteroatoms. The van der Waals surface area contributed by atoms with Crippen molar-refractivity contribution in [3.63, 3.8) is 0 Å². The number of benzene rings is 1. The minimum absolute atomic E-state index is 0.323. The number of hydrogen-bond acceptors (Lipinski definition) is 4. The van der Waals surface area contributed by atoms with Crippen LogP contribution in [0.5, 0.6) is 0 Å². The zero-order chi connectivity index (χ0) is 14.9. The van der Waals surface area contributed by atoms with E-state index in [4.69, 9.17) is 0 Å². The van der Waals surface area contributed by atoms with Crippen molar-refractivity contribution < 1.29 is 8.42 Å². The second kappa shape index (κ2) is 5.02. The van der Waals surface area contributed by atoms with E-state index >= 15 is 0 Å². The van der Waals surface area contributed by atoms with Crippen LogP contribution in [-0.4, -0.2) is 18.4 Å². The molecule has 2 aromatic heterocycles. The number of nitrogens with zero attached hydrogens (tertiary/aromatic N) is 1. The molecule has 0 amide bonds. The zero-order valence-corrected chi connectivity index (χ0v) is 11.6.